The molecule has 6 rings (SSSR count). The average molecular weight is 472 g/mol. The molecule has 1 nitrogen and oxygen atoms in total. The summed E-state index contributed by atoms with van der Waals surface area (Å²) >= 11 is 0. The van der Waals surface area contributed by atoms with E-state index in [1.54, 1.807) is 0 Å². The third-order valence-corrected chi connectivity index (χ3v) is 8.36. The molecule has 0 radical (unpaired) electrons. The maximum atomic E-state index is 2.74. The van der Waals surface area contributed by atoms with Crippen molar-refractivity contribution in [1.82, 2.24) is 4.90 Å². The van der Waals surface area contributed by atoms with Crippen LogP contribution in [0.1, 0.15) is 74.6 Å². The van der Waals surface area contributed by atoms with Crippen molar-refractivity contribution in [3.05, 3.63) is 118 Å². The van der Waals surface area contributed by atoms with E-state index in [2.05, 4.69) is 110 Å². The van der Waals surface area contributed by atoms with Crippen LogP contribution in [0.25, 0.3) is 23.3 Å². The summed E-state index contributed by atoms with van der Waals surface area (Å²) in [6.07, 6.45) is 24.5. The lowest BCUT2D eigenvalue weighted by Crippen LogP contribution is -2.40. The summed E-state index contributed by atoms with van der Waals surface area (Å²) in [6.45, 7) is 6.86. The van der Waals surface area contributed by atoms with Crippen LogP contribution >= 0.6 is 0 Å². The zero-order chi connectivity index (χ0) is 24.5. The molecule has 1 spiro atoms. The van der Waals surface area contributed by atoms with Gasteiger partial charge in [-0.05, 0) is 75.6 Å². The maximum Gasteiger partial charge on any atom is 0.0796 e. The smallest absolute Gasteiger partial charge is 0.0796 e. The number of allylic oxidation sites excluding steroid dienone is 7. The minimum Gasteiger partial charge on any atom is -0.374 e. The van der Waals surface area contributed by atoms with Gasteiger partial charge in [-0.3, -0.25) is 0 Å². The van der Waals surface area contributed by atoms with E-state index in [1.807, 2.05) is 0 Å². The average Bonchev–Trinajstić information content (AvgIpc) is 3.49. The molecule has 0 fully saturated rings. The third kappa shape index (κ3) is 3.60. The van der Waals surface area contributed by atoms with Gasteiger partial charge in [0, 0.05) is 18.8 Å². The first-order valence-electron chi connectivity index (χ1n) is 14.0. The Morgan fingerprint density at radius 1 is 0.639 bits per heavy atom. The van der Waals surface area contributed by atoms with E-state index in [-0.39, 0.29) is 5.41 Å². The van der Waals surface area contributed by atoms with Gasteiger partial charge in [0.25, 0.3) is 0 Å². The van der Waals surface area contributed by atoms with Crippen LogP contribution in [0.15, 0.2) is 95.8 Å². The van der Waals surface area contributed by atoms with Crippen molar-refractivity contribution in [3.63, 3.8) is 0 Å². The van der Waals surface area contributed by atoms with Crippen LogP contribution in [0.4, 0.5) is 0 Å². The topological polar surface area (TPSA) is 3.24 Å². The minimum absolute atomic E-state index is 0.259. The molecule has 0 bridgehead atoms. The number of unbranched alkanes of at least 4 members (excludes halogenated alkanes) is 4. The van der Waals surface area contributed by atoms with Crippen molar-refractivity contribution in [2.45, 2.75) is 52.4 Å². The van der Waals surface area contributed by atoms with Gasteiger partial charge < -0.3 is 4.90 Å². The highest BCUT2D eigenvalue weighted by atomic mass is 15.1. The fourth-order valence-corrected chi connectivity index (χ4v) is 6.59. The lowest BCUT2D eigenvalue weighted by molar-refractivity contribution is 0.288. The molecule has 0 saturated carbocycles. The molecule has 182 valence electrons. The number of fused-ring (bicyclic) bond motifs is 8. The lowest BCUT2D eigenvalue weighted by atomic mass is 9.63. The first kappa shape index (κ1) is 23.1. The van der Waals surface area contributed by atoms with Crippen LogP contribution in [0.3, 0.4) is 0 Å². The van der Waals surface area contributed by atoms with Crippen LogP contribution < -0.4 is 0 Å². The van der Waals surface area contributed by atoms with E-state index < -0.39 is 0 Å². The quantitative estimate of drug-likeness (QED) is 0.330. The predicted octanol–water partition coefficient (Wildman–Crippen LogP) is 9.08. The molecule has 36 heavy (non-hydrogen) atoms. The van der Waals surface area contributed by atoms with Crippen molar-refractivity contribution in [3.8, 4) is 0 Å². The fraction of sp³-hybridized carbons (Fsp3) is 0.314. The van der Waals surface area contributed by atoms with Gasteiger partial charge in [0.05, 0.1) is 5.41 Å². The molecular weight excluding hydrogens is 434 g/mol. The zero-order valence-corrected chi connectivity index (χ0v) is 21.8. The van der Waals surface area contributed by atoms with Crippen LogP contribution in [-0.2, 0) is 0 Å². The van der Waals surface area contributed by atoms with Gasteiger partial charge in [-0.15, -0.1) is 0 Å². The normalized spacial score (nSPS) is 20.6. The molecule has 0 amide bonds. The van der Waals surface area contributed by atoms with Crippen molar-refractivity contribution >= 4 is 23.3 Å². The van der Waals surface area contributed by atoms with Crippen LogP contribution in [0, 0.1) is 5.41 Å². The first-order valence-corrected chi connectivity index (χ1v) is 14.0. The van der Waals surface area contributed by atoms with Gasteiger partial charge in [-0.1, -0.05) is 112 Å². The summed E-state index contributed by atoms with van der Waals surface area (Å²) in [6, 6.07) is 17.8. The monoisotopic (exact) mass is 471 g/mol. The number of hydrogen-bond donors (Lipinski definition) is 0. The summed E-state index contributed by atoms with van der Waals surface area (Å²) < 4.78 is 0. The Balaban J connectivity index is 1.52. The summed E-state index contributed by atoms with van der Waals surface area (Å²) in [7, 11) is 0. The summed E-state index contributed by atoms with van der Waals surface area (Å²) in [5.41, 5.74) is 12.3. The molecule has 2 aromatic rings. The molecule has 4 aliphatic rings. The van der Waals surface area contributed by atoms with Crippen molar-refractivity contribution in [1.29, 1.82) is 0 Å². The second-order valence-corrected chi connectivity index (χ2v) is 10.6. The Kier molecular flexibility index (Phi) is 6.17. The maximum absolute atomic E-state index is 2.74. The zero-order valence-electron chi connectivity index (χ0n) is 21.8. The molecule has 0 N–H and O–H groups in total. The van der Waals surface area contributed by atoms with Gasteiger partial charge in [0.15, 0.2) is 0 Å². The molecule has 1 atom stereocenters. The van der Waals surface area contributed by atoms with Gasteiger partial charge in [0.1, 0.15) is 0 Å². The van der Waals surface area contributed by atoms with Crippen LogP contribution in [-0.4, -0.2) is 18.0 Å². The summed E-state index contributed by atoms with van der Waals surface area (Å²) in [5, 5.41) is 0. The van der Waals surface area contributed by atoms with Gasteiger partial charge >= 0.3 is 0 Å². The van der Waals surface area contributed by atoms with Crippen molar-refractivity contribution in [2.24, 2.45) is 5.41 Å². The molecule has 2 aromatic carbocycles. The Labute approximate surface area is 216 Å². The summed E-state index contributed by atoms with van der Waals surface area (Å²) in [5.74, 6) is 0. The highest BCUT2D eigenvalue weighted by molar-refractivity contribution is 6.05. The van der Waals surface area contributed by atoms with E-state index in [9.17, 15) is 0 Å². The van der Waals surface area contributed by atoms with Crippen LogP contribution in [0.2, 0.25) is 0 Å². The second kappa shape index (κ2) is 9.62. The molecule has 0 heterocycles. The lowest BCUT2D eigenvalue weighted by Gasteiger charge is -2.46. The van der Waals surface area contributed by atoms with E-state index in [1.165, 1.54) is 88.8 Å². The molecule has 4 aliphatic carbocycles. The van der Waals surface area contributed by atoms with Crippen molar-refractivity contribution < 1.29 is 0 Å². The van der Waals surface area contributed by atoms with E-state index >= 15 is 0 Å². The standard InChI is InChI=1S/C35H37N/c1-3-5-11-22-36(23-12-6-4-2)34-20-19-31-29-17-10-8-15-27(29)25-33(31)35(34)21-13-18-30-28-16-9-7-14-26(28)24-32(30)35/h7-10,13-21,24-25H,3-6,11-12,22-23H2,1-2H3. The van der Waals surface area contributed by atoms with E-state index in [0.29, 0.717) is 0 Å². The Morgan fingerprint density at radius 3 is 1.78 bits per heavy atom. The van der Waals surface area contributed by atoms with E-state index in [4.69, 9.17) is 0 Å². The molecule has 0 saturated heterocycles. The summed E-state index contributed by atoms with van der Waals surface area (Å²) in [4.78, 5) is 2.74. The molecule has 0 aromatic heterocycles. The SMILES string of the molecule is CCCCCN(CCCCC)C1=CC=C2C(=Cc3ccccc32)C12C=CC=C1C2=Cc2ccccc21. The van der Waals surface area contributed by atoms with E-state index in [0.717, 1.165) is 13.1 Å². The first-order chi connectivity index (χ1) is 17.8. The number of benzene rings is 2. The molecule has 1 heteroatoms. The van der Waals surface area contributed by atoms with Crippen LogP contribution in [0.5, 0.6) is 0 Å². The second-order valence-electron chi connectivity index (χ2n) is 10.6. The van der Waals surface area contributed by atoms with Gasteiger partial charge in [-0.25, -0.2) is 0 Å². The minimum atomic E-state index is -0.259. The van der Waals surface area contributed by atoms with Gasteiger partial charge in [0.2, 0.25) is 0 Å². The highest BCUT2D eigenvalue weighted by Gasteiger charge is 2.49. The number of rotatable bonds is 9. The Morgan fingerprint density at radius 2 is 1.19 bits per heavy atom. The largest absolute Gasteiger partial charge is 0.374 e. The predicted molar refractivity (Wildman–Crippen MR) is 155 cm³/mol. The molecule has 1 unspecified atom stereocenters. The van der Waals surface area contributed by atoms with Crippen molar-refractivity contribution in [2.75, 3.05) is 13.1 Å². The number of nitrogens with zero attached hydrogens (tertiary/aromatic N) is 1. The Bertz CT molecular complexity index is 1330. The molecule has 0 aliphatic heterocycles. The fourth-order valence-electron chi connectivity index (χ4n) is 6.59. The third-order valence-electron chi connectivity index (χ3n) is 8.36. The van der Waals surface area contributed by atoms with Gasteiger partial charge in [-0.2, -0.15) is 0 Å². The Hall–Kier alpha value is -3.32. The highest BCUT2D eigenvalue weighted by Crippen LogP contribution is 2.61. The molecular formula is C35H37N. The number of hydrogen-bond acceptors (Lipinski definition) is 1.